The van der Waals surface area contributed by atoms with Gasteiger partial charge in [0.05, 0.1) is 0 Å². The second-order valence-electron chi connectivity index (χ2n) is 4.04. The van der Waals surface area contributed by atoms with Gasteiger partial charge in [0.15, 0.2) is 5.82 Å². The molecule has 0 aliphatic rings. The van der Waals surface area contributed by atoms with Gasteiger partial charge >= 0.3 is 0 Å². The number of aromatic nitrogens is 3. The maximum Gasteiger partial charge on any atom is 0.223 e. The first-order chi connectivity index (χ1) is 8.06. The Morgan fingerprint density at radius 2 is 1.71 bits per heavy atom. The number of benzene rings is 1. The summed E-state index contributed by atoms with van der Waals surface area (Å²) in [6, 6.07) is 7.79. The molecule has 0 spiro atoms. The van der Waals surface area contributed by atoms with E-state index in [0.717, 1.165) is 15.9 Å². The third-order valence-electron chi connectivity index (χ3n) is 2.29. The second kappa shape index (κ2) is 4.79. The Hall–Kier alpha value is -1.49. The summed E-state index contributed by atoms with van der Waals surface area (Å²) < 4.78 is 1.02. The van der Waals surface area contributed by atoms with Gasteiger partial charge in [-0.2, -0.15) is 9.97 Å². The van der Waals surface area contributed by atoms with E-state index < -0.39 is 0 Å². The molecule has 0 saturated carbocycles. The first-order valence-electron chi connectivity index (χ1n) is 5.33. The molecule has 0 bridgehead atoms. The molecule has 2 aromatic rings. The molecule has 4 nitrogen and oxygen atoms in total. The van der Waals surface area contributed by atoms with Crippen LogP contribution in [0.4, 0.5) is 5.95 Å². The van der Waals surface area contributed by atoms with Gasteiger partial charge in [0.1, 0.15) is 5.82 Å². The predicted octanol–water partition coefficient (Wildman–Crippen LogP) is 3.01. The highest BCUT2D eigenvalue weighted by molar-refractivity contribution is 9.10. The van der Waals surface area contributed by atoms with E-state index in [9.17, 15) is 0 Å². The van der Waals surface area contributed by atoms with Crippen LogP contribution in [0.3, 0.4) is 0 Å². The lowest BCUT2D eigenvalue weighted by Gasteiger charge is -2.07. The highest BCUT2D eigenvalue weighted by Crippen LogP contribution is 2.20. The molecular weight excluding hydrogens is 280 g/mol. The first-order valence-corrected chi connectivity index (χ1v) is 6.13. The zero-order valence-electron chi connectivity index (χ0n) is 9.68. The smallest absolute Gasteiger partial charge is 0.223 e. The summed E-state index contributed by atoms with van der Waals surface area (Å²) in [4.78, 5) is 12.7. The minimum Gasteiger partial charge on any atom is -0.368 e. The topological polar surface area (TPSA) is 64.7 Å². The fourth-order valence-electron chi connectivity index (χ4n) is 1.40. The van der Waals surface area contributed by atoms with Crippen LogP contribution in [0.2, 0.25) is 0 Å². The normalized spacial score (nSPS) is 10.8. The van der Waals surface area contributed by atoms with Crippen LogP contribution in [0, 0.1) is 0 Å². The molecule has 0 saturated heterocycles. The number of nitrogen functional groups attached to an aromatic ring is 1. The summed E-state index contributed by atoms with van der Waals surface area (Å²) in [7, 11) is 0. The van der Waals surface area contributed by atoms with Crippen molar-refractivity contribution >= 4 is 21.9 Å². The van der Waals surface area contributed by atoms with Gasteiger partial charge in [-0.25, -0.2) is 4.98 Å². The van der Waals surface area contributed by atoms with Crippen molar-refractivity contribution in [3.63, 3.8) is 0 Å². The number of nitrogens with two attached hydrogens (primary N) is 1. The van der Waals surface area contributed by atoms with Gasteiger partial charge in [0.25, 0.3) is 0 Å². The molecular formula is C12H13BrN4. The maximum atomic E-state index is 5.69. The SMILES string of the molecule is CC(C)c1nc(N)nc(-c2ccc(Br)cc2)n1. The number of halogens is 1. The van der Waals surface area contributed by atoms with E-state index >= 15 is 0 Å². The molecule has 0 unspecified atom stereocenters. The fourth-order valence-corrected chi connectivity index (χ4v) is 1.66. The summed E-state index contributed by atoms with van der Waals surface area (Å²) >= 11 is 3.39. The average Bonchev–Trinajstić information content (AvgIpc) is 2.29. The van der Waals surface area contributed by atoms with Gasteiger partial charge in [0.2, 0.25) is 5.95 Å². The molecule has 0 fully saturated rings. The summed E-state index contributed by atoms with van der Waals surface area (Å²) in [5.41, 5.74) is 6.63. The second-order valence-corrected chi connectivity index (χ2v) is 4.95. The number of hydrogen-bond acceptors (Lipinski definition) is 4. The lowest BCUT2D eigenvalue weighted by molar-refractivity contribution is 0.767. The summed E-state index contributed by atoms with van der Waals surface area (Å²) in [5, 5.41) is 0. The molecule has 17 heavy (non-hydrogen) atoms. The van der Waals surface area contributed by atoms with Gasteiger partial charge in [-0.05, 0) is 12.1 Å². The van der Waals surface area contributed by atoms with E-state index in [2.05, 4.69) is 30.9 Å². The van der Waals surface area contributed by atoms with Crippen LogP contribution in [0.15, 0.2) is 28.7 Å². The minimum atomic E-state index is 0.231. The molecule has 1 aromatic carbocycles. The van der Waals surface area contributed by atoms with E-state index in [1.165, 1.54) is 0 Å². The maximum absolute atomic E-state index is 5.69. The lowest BCUT2D eigenvalue weighted by Crippen LogP contribution is -2.06. The summed E-state index contributed by atoms with van der Waals surface area (Å²) in [6.07, 6.45) is 0. The fraction of sp³-hybridized carbons (Fsp3) is 0.250. The molecule has 2 N–H and O–H groups in total. The predicted molar refractivity (Wildman–Crippen MR) is 71.5 cm³/mol. The Labute approximate surface area is 108 Å². The van der Waals surface area contributed by atoms with Crippen LogP contribution in [0.25, 0.3) is 11.4 Å². The van der Waals surface area contributed by atoms with Gasteiger partial charge in [-0.15, -0.1) is 0 Å². The molecule has 1 aromatic heterocycles. The van der Waals surface area contributed by atoms with Crippen LogP contribution in [-0.2, 0) is 0 Å². The van der Waals surface area contributed by atoms with Crippen LogP contribution in [0.5, 0.6) is 0 Å². The number of rotatable bonds is 2. The summed E-state index contributed by atoms with van der Waals surface area (Å²) in [5.74, 6) is 1.83. The molecule has 0 aliphatic carbocycles. The van der Waals surface area contributed by atoms with E-state index in [0.29, 0.717) is 5.82 Å². The Morgan fingerprint density at radius 3 is 2.29 bits per heavy atom. The van der Waals surface area contributed by atoms with E-state index in [-0.39, 0.29) is 11.9 Å². The van der Waals surface area contributed by atoms with Crippen molar-refractivity contribution < 1.29 is 0 Å². The van der Waals surface area contributed by atoms with Crippen molar-refractivity contribution in [2.45, 2.75) is 19.8 Å². The minimum absolute atomic E-state index is 0.231. The Morgan fingerprint density at radius 1 is 1.06 bits per heavy atom. The number of hydrogen-bond donors (Lipinski definition) is 1. The van der Waals surface area contributed by atoms with Gasteiger partial charge in [0, 0.05) is 16.0 Å². The standard InChI is InChI=1S/C12H13BrN4/c1-7(2)10-15-11(17-12(14)16-10)8-3-5-9(13)6-4-8/h3-7H,1-2H3,(H2,14,15,16,17). The molecule has 0 aliphatic heterocycles. The monoisotopic (exact) mass is 292 g/mol. The molecule has 1 heterocycles. The van der Waals surface area contributed by atoms with Crippen LogP contribution in [-0.4, -0.2) is 15.0 Å². The third kappa shape index (κ3) is 2.79. The van der Waals surface area contributed by atoms with Gasteiger partial charge in [-0.1, -0.05) is 41.9 Å². The highest BCUT2D eigenvalue weighted by atomic mass is 79.9. The van der Waals surface area contributed by atoms with Crippen molar-refractivity contribution in [2.75, 3.05) is 5.73 Å². The molecule has 0 radical (unpaired) electrons. The van der Waals surface area contributed by atoms with Crippen LogP contribution < -0.4 is 5.73 Å². The van der Waals surface area contributed by atoms with Crippen LogP contribution >= 0.6 is 15.9 Å². The number of nitrogens with zero attached hydrogens (tertiary/aromatic N) is 3. The zero-order chi connectivity index (χ0) is 12.4. The molecule has 2 rings (SSSR count). The zero-order valence-corrected chi connectivity index (χ0v) is 11.3. The molecule has 5 heteroatoms. The van der Waals surface area contributed by atoms with Crippen molar-refractivity contribution in [3.8, 4) is 11.4 Å². The highest BCUT2D eigenvalue weighted by Gasteiger charge is 2.09. The molecule has 0 amide bonds. The van der Waals surface area contributed by atoms with Gasteiger partial charge in [-0.3, -0.25) is 0 Å². The average molecular weight is 293 g/mol. The first kappa shape index (κ1) is 12.0. The van der Waals surface area contributed by atoms with Crippen LogP contribution in [0.1, 0.15) is 25.6 Å². The van der Waals surface area contributed by atoms with Crippen molar-refractivity contribution in [1.82, 2.24) is 15.0 Å². The van der Waals surface area contributed by atoms with E-state index in [1.54, 1.807) is 0 Å². The third-order valence-corrected chi connectivity index (χ3v) is 2.82. The lowest BCUT2D eigenvalue weighted by atomic mass is 10.2. The van der Waals surface area contributed by atoms with E-state index in [1.807, 2.05) is 38.1 Å². The number of anilines is 1. The Kier molecular flexibility index (Phi) is 3.38. The van der Waals surface area contributed by atoms with Crippen molar-refractivity contribution in [1.29, 1.82) is 0 Å². The van der Waals surface area contributed by atoms with Crippen molar-refractivity contribution in [3.05, 3.63) is 34.6 Å². The Balaban J connectivity index is 2.48. The summed E-state index contributed by atoms with van der Waals surface area (Å²) in [6.45, 7) is 4.06. The quantitative estimate of drug-likeness (QED) is 0.924. The Bertz CT molecular complexity index is 523. The molecule has 88 valence electrons. The van der Waals surface area contributed by atoms with Gasteiger partial charge < -0.3 is 5.73 Å². The largest absolute Gasteiger partial charge is 0.368 e. The molecule has 0 atom stereocenters. The van der Waals surface area contributed by atoms with Crippen molar-refractivity contribution in [2.24, 2.45) is 0 Å². The van der Waals surface area contributed by atoms with E-state index in [4.69, 9.17) is 5.73 Å².